The molecule has 2 amide bonds. The molecule has 4 aliphatic carbocycles. The van der Waals surface area contributed by atoms with E-state index in [9.17, 15) is 14.7 Å². The van der Waals surface area contributed by atoms with Gasteiger partial charge in [0.1, 0.15) is 11.9 Å². The van der Waals surface area contributed by atoms with Crippen molar-refractivity contribution in [1.82, 2.24) is 25.0 Å². The number of fused-ring (bicyclic) bond motifs is 3. The summed E-state index contributed by atoms with van der Waals surface area (Å²) >= 11 is 0. The average molecular weight is 698 g/mol. The maximum atomic E-state index is 14.2. The van der Waals surface area contributed by atoms with Crippen LogP contribution in [0.25, 0.3) is 11.1 Å². The van der Waals surface area contributed by atoms with Crippen molar-refractivity contribution in [3.8, 4) is 16.9 Å². The van der Waals surface area contributed by atoms with Crippen LogP contribution in [0.2, 0.25) is 0 Å². The molecule has 1 aromatic carbocycles. The van der Waals surface area contributed by atoms with Crippen LogP contribution >= 0.6 is 0 Å². The number of aromatic nitrogens is 3. The highest BCUT2D eigenvalue weighted by Gasteiger charge is 2.54. The predicted octanol–water partition coefficient (Wildman–Crippen LogP) is 7.23. The topological polar surface area (TPSA) is 119 Å². The van der Waals surface area contributed by atoms with Gasteiger partial charge in [-0.25, -0.2) is 4.79 Å². The second kappa shape index (κ2) is 13.9. The fourth-order valence-electron chi connectivity index (χ4n) is 9.28. The number of carbonyl (C=O) groups excluding carboxylic acids is 2. The van der Waals surface area contributed by atoms with Crippen molar-refractivity contribution in [2.24, 2.45) is 11.3 Å². The summed E-state index contributed by atoms with van der Waals surface area (Å²) in [6.07, 6.45) is 14.4. The molecule has 1 unspecified atom stereocenters. The summed E-state index contributed by atoms with van der Waals surface area (Å²) in [4.78, 5) is 33.4. The highest BCUT2D eigenvalue weighted by Crippen LogP contribution is 2.62. The van der Waals surface area contributed by atoms with Crippen molar-refractivity contribution in [2.75, 3.05) is 20.2 Å². The van der Waals surface area contributed by atoms with Gasteiger partial charge in [-0.1, -0.05) is 12.1 Å². The maximum Gasteiger partial charge on any atom is 0.410 e. The summed E-state index contributed by atoms with van der Waals surface area (Å²) in [5.74, 6) is 0.855. The van der Waals surface area contributed by atoms with E-state index in [4.69, 9.17) is 14.5 Å². The van der Waals surface area contributed by atoms with E-state index in [2.05, 4.69) is 68.6 Å². The van der Waals surface area contributed by atoms with Crippen molar-refractivity contribution in [2.45, 2.75) is 128 Å². The van der Waals surface area contributed by atoms with Gasteiger partial charge in [0.15, 0.2) is 0 Å². The van der Waals surface area contributed by atoms with Crippen LogP contribution in [0, 0.1) is 18.3 Å². The number of amides is 2. The van der Waals surface area contributed by atoms with Gasteiger partial charge in [-0.05, 0) is 144 Å². The molecule has 1 aliphatic heterocycles. The van der Waals surface area contributed by atoms with Gasteiger partial charge < -0.3 is 24.8 Å². The zero-order chi connectivity index (χ0) is 36.0. The number of nitrogens with one attached hydrogen (secondary N) is 1. The Morgan fingerprint density at radius 1 is 0.980 bits per heavy atom. The van der Waals surface area contributed by atoms with E-state index in [1.54, 1.807) is 12.0 Å². The van der Waals surface area contributed by atoms with E-state index >= 15 is 0 Å². The Bertz CT molecular complexity index is 1710. The van der Waals surface area contributed by atoms with Gasteiger partial charge in [0.25, 0.3) is 0 Å². The van der Waals surface area contributed by atoms with Gasteiger partial charge in [0.05, 0.1) is 36.7 Å². The van der Waals surface area contributed by atoms with E-state index in [0.29, 0.717) is 45.2 Å². The Kier molecular flexibility index (Phi) is 9.67. The van der Waals surface area contributed by atoms with Crippen LogP contribution in [-0.4, -0.2) is 69.2 Å². The number of likely N-dealkylation sites (tertiary alicyclic amines) is 1. The molecule has 8 rings (SSSR count). The zero-order valence-corrected chi connectivity index (χ0v) is 31.0. The SMILES string of the molecule is COc1ccc(C23CCC([C@@H](NC(=O)C4CCC(OC(=O)N5CCC(O)C5)CC4)c4cc(-c5cnn(C(C)(C)C)c5)ccn4)(CC2)CC3)cc1C. The molecule has 2 bridgehead atoms. The summed E-state index contributed by atoms with van der Waals surface area (Å²) in [5, 5.41) is 18.1. The van der Waals surface area contributed by atoms with Gasteiger partial charge in [-0.15, -0.1) is 0 Å². The fraction of sp³-hybridized carbons (Fsp3) is 0.610. The third-order valence-electron chi connectivity index (χ3n) is 12.6. The van der Waals surface area contributed by atoms with Crippen LogP contribution in [0.15, 0.2) is 48.9 Å². The number of aliphatic hydroxyl groups excluding tert-OH is 1. The first kappa shape index (κ1) is 35.5. The molecule has 10 heteroatoms. The number of hydrogen-bond acceptors (Lipinski definition) is 7. The lowest BCUT2D eigenvalue weighted by Gasteiger charge is -2.56. The number of aryl methyl sites for hydroxylation is 1. The van der Waals surface area contributed by atoms with E-state index < -0.39 is 6.10 Å². The molecule has 3 heterocycles. The van der Waals surface area contributed by atoms with Crippen molar-refractivity contribution >= 4 is 12.0 Å². The first-order valence-corrected chi connectivity index (χ1v) is 19.0. The van der Waals surface area contributed by atoms with E-state index in [1.807, 2.05) is 23.1 Å². The summed E-state index contributed by atoms with van der Waals surface area (Å²) in [6, 6.07) is 10.7. The highest BCUT2D eigenvalue weighted by molar-refractivity contribution is 5.79. The van der Waals surface area contributed by atoms with Crippen LogP contribution in [0.4, 0.5) is 4.79 Å². The third kappa shape index (κ3) is 7.13. The average Bonchev–Trinajstić information content (AvgIpc) is 3.82. The summed E-state index contributed by atoms with van der Waals surface area (Å²) in [7, 11) is 1.73. The molecule has 274 valence electrons. The van der Waals surface area contributed by atoms with Crippen LogP contribution in [-0.2, 0) is 20.5 Å². The first-order valence-electron chi connectivity index (χ1n) is 19.0. The number of rotatable bonds is 8. The Morgan fingerprint density at radius 2 is 1.71 bits per heavy atom. The molecule has 2 atom stereocenters. The molecule has 0 radical (unpaired) electrons. The molecule has 3 aromatic rings. The number of aliphatic hydroxyl groups is 1. The highest BCUT2D eigenvalue weighted by atomic mass is 16.6. The molecule has 4 saturated carbocycles. The normalized spacial score (nSPS) is 28.4. The van der Waals surface area contributed by atoms with Crippen molar-refractivity contribution in [3.05, 3.63) is 65.7 Å². The molecule has 5 aliphatic rings. The van der Waals surface area contributed by atoms with Gasteiger partial charge in [0, 0.05) is 37.0 Å². The number of benzene rings is 1. The molecule has 2 aromatic heterocycles. The smallest absolute Gasteiger partial charge is 0.410 e. The van der Waals surface area contributed by atoms with Gasteiger partial charge in [0.2, 0.25) is 5.91 Å². The molecule has 1 saturated heterocycles. The monoisotopic (exact) mass is 697 g/mol. The lowest BCUT2D eigenvalue weighted by molar-refractivity contribution is -0.129. The lowest BCUT2D eigenvalue weighted by Crippen LogP contribution is -2.52. The predicted molar refractivity (Wildman–Crippen MR) is 195 cm³/mol. The van der Waals surface area contributed by atoms with Crippen LogP contribution in [0.3, 0.4) is 0 Å². The summed E-state index contributed by atoms with van der Waals surface area (Å²) in [6.45, 7) is 9.40. The largest absolute Gasteiger partial charge is 0.496 e. The van der Waals surface area contributed by atoms with Gasteiger partial charge in [-0.3, -0.25) is 14.5 Å². The number of β-amino-alcohol motifs (C(OH)–C–C–N with tert-alkyl or cyclic N) is 1. The third-order valence-corrected chi connectivity index (χ3v) is 12.6. The minimum absolute atomic E-state index is 0.0720. The first-order chi connectivity index (χ1) is 24.4. The molecule has 51 heavy (non-hydrogen) atoms. The molecule has 5 fully saturated rings. The molecule has 10 nitrogen and oxygen atoms in total. The minimum atomic E-state index is -0.475. The molecule has 2 N–H and O–H groups in total. The van der Waals surface area contributed by atoms with E-state index in [1.165, 1.54) is 11.1 Å². The number of ether oxygens (including phenoxy) is 2. The number of carbonyl (C=O) groups is 2. The second-order valence-corrected chi connectivity index (χ2v) is 16.8. The standard InChI is InChI=1S/C41H55N5O5/c1-27-22-31(8-11-35(27)50-5)40-14-17-41(18-15-40,19-16-40)36(34-23-29(12-20-42-34)30-24-43-46(25-30)39(2,3)4)44-37(48)28-6-9-33(10-7-28)51-38(49)45-21-13-32(47)26-45/h8,11-12,20,22-25,28,32-33,36,47H,6-7,9-10,13-19,21,26H2,1-5H3,(H,44,48)/t28?,32?,33?,36-,40?,41?/m0/s1. The second-order valence-electron chi connectivity index (χ2n) is 16.8. The van der Waals surface area contributed by atoms with Crippen molar-refractivity contribution < 1.29 is 24.2 Å². The van der Waals surface area contributed by atoms with Crippen molar-refractivity contribution in [3.63, 3.8) is 0 Å². The Hall–Kier alpha value is -3.92. The Labute approximate surface area is 302 Å². The van der Waals surface area contributed by atoms with Crippen LogP contribution < -0.4 is 10.1 Å². The fourth-order valence-corrected chi connectivity index (χ4v) is 9.28. The molecular weight excluding hydrogens is 642 g/mol. The number of pyridine rings is 1. The van der Waals surface area contributed by atoms with Crippen molar-refractivity contribution in [1.29, 1.82) is 0 Å². The Morgan fingerprint density at radius 3 is 2.31 bits per heavy atom. The van der Waals surface area contributed by atoms with Crippen LogP contribution in [0.5, 0.6) is 5.75 Å². The number of hydrogen-bond donors (Lipinski definition) is 2. The van der Waals surface area contributed by atoms with Crippen LogP contribution in [0.1, 0.15) is 114 Å². The van der Waals surface area contributed by atoms with E-state index in [0.717, 1.165) is 61.1 Å². The Balaban J connectivity index is 1.10. The summed E-state index contributed by atoms with van der Waals surface area (Å²) in [5.41, 5.74) is 5.50. The lowest BCUT2D eigenvalue weighted by atomic mass is 9.49. The number of nitrogens with zero attached hydrogens (tertiary/aromatic N) is 4. The minimum Gasteiger partial charge on any atom is -0.496 e. The zero-order valence-electron chi connectivity index (χ0n) is 31.0. The van der Waals surface area contributed by atoms with E-state index in [-0.39, 0.29) is 46.4 Å². The van der Waals surface area contributed by atoms with Gasteiger partial charge in [-0.2, -0.15) is 5.10 Å². The molecule has 0 spiro atoms. The maximum absolute atomic E-state index is 14.2. The number of methoxy groups -OCH3 is 1. The quantitative estimate of drug-likeness (QED) is 0.255. The molecular formula is C41H55N5O5. The van der Waals surface area contributed by atoms with Gasteiger partial charge >= 0.3 is 6.09 Å². The summed E-state index contributed by atoms with van der Waals surface area (Å²) < 4.78 is 13.4.